The quantitative estimate of drug-likeness (QED) is 0.922. The van der Waals surface area contributed by atoms with Crippen LogP contribution in [0.3, 0.4) is 0 Å². The van der Waals surface area contributed by atoms with Crippen molar-refractivity contribution in [2.45, 2.75) is 25.8 Å². The lowest BCUT2D eigenvalue weighted by Crippen LogP contribution is -2.21. The highest BCUT2D eigenvalue weighted by Crippen LogP contribution is 2.30. The smallest absolute Gasteiger partial charge is 0.150 e. The van der Waals surface area contributed by atoms with Crippen molar-refractivity contribution in [1.29, 1.82) is 0 Å². The van der Waals surface area contributed by atoms with Crippen LogP contribution in [0.4, 0.5) is 4.39 Å². The monoisotopic (exact) mass is 285 g/mol. The lowest BCUT2D eigenvalue weighted by molar-refractivity contribution is 0.423. The van der Waals surface area contributed by atoms with Crippen molar-refractivity contribution in [3.63, 3.8) is 0 Å². The van der Waals surface area contributed by atoms with E-state index in [1.807, 2.05) is 13.0 Å². The molecule has 5 heteroatoms. The van der Waals surface area contributed by atoms with Gasteiger partial charge >= 0.3 is 0 Å². The Morgan fingerprint density at radius 3 is 2.79 bits per heavy atom. The summed E-state index contributed by atoms with van der Waals surface area (Å²) in [6.07, 6.45) is 1.35. The molecular formula is C14H20FNO2S. The number of hydrogen-bond donors (Lipinski definition) is 1. The van der Waals surface area contributed by atoms with Crippen LogP contribution >= 0.6 is 0 Å². The molecule has 1 heterocycles. The van der Waals surface area contributed by atoms with Crippen molar-refractivity contribution in [3.8, 4) is 0 Å². The van der Waals surface area contributed by atoms with Gasteiger partial charge in [0.2, 0.25) is 0 Å². The van der Waals surface area contributed by atoms with Crippen LogP contribution in [-0.4, -0.2) is 27.0 Å². The molecular weight excluding hydrogens is 265 g/mol. The Morgan fingerprint density at radius 1 is 1.47 bits per heavy atom. The summed E-state index contributed by atoms with van der Waals surface area (Å²) >= 11 is 0. The minimum atomic E-state index is -2.87. The average Bonchev–Trinajstić information content (AvgIpc) is 2.69. The van der Waals surface area contributed by atoms with Gasteiger partial charge in [-0.1, -0.05) is 17.7 Å². The van der Waals surface area contributed by atoms with Gasteiger partial charge in [-0.2, -0.15) is 0 Å². The Morgan fingerprint density at radius 2 is 2.21 bits per heavy atom. The van der Waals surface area contributed by atoms with Crippen LogP contribution in [0.2, 0.25) is 0 Å². The fourth-order valence-corrected chi connectivity index (χ4v) is 4.60. The highest BCUT2D eigenvalue weighted by atomic mass is 32.2. The predicted molar refractivity (Wildman–Crippen MR) is 74.3 cm³/mol. The van der Waals surface area contributed by atoms with Gasteiger partial charge in [0.05, 0.1) is 11.5 Å². The molecule has 1 saturated heterocycles. The molecule has 0 aromatic heterocycles. The molecule has 0 bridgehead atoms. The zero-order valence-electron chi connectivity index (χ0n) is 11.3. The zero-order valence-corrected chi connectivity index (χ0v) is 12.1. The molecule has 1 fully saturated rings. The fourth-order valence-electron chi connectivity index (χ4n) is 2.72. The average molecular weight is 285 g/mol. The van der Waals surface area contributed by atoms with E-state index in [4.69, 9.17) is 0 Å². The number of nitrogens with one attached hydrogen (secondary N) is 1. The van der Waals surface area contributed by atoms with Gasteiger partial charge in [-0.3, -0.25) is 0 Å². The normalized spacial score (nSPS) is 23.4. The maximum atomic E-state index is 13.9. The van der Waals surface area contributed by atoms with Gasteiger partial charge < -0.3 is 5.32 Å². The Balaban J connectivity index is 2.14. The molecule has 0 radical (unpaired) electrons. The molecule has 1 N–H and O–H groups in total. The predicted octanol–water partition coefficient (Wildman–Crippen LogP) is 2.22. The van der Waals surface area contributed by atoms with E-state index in [2.05, 4.69) is 5.32 Å². The van der Waals surface area contributed by atoms with E-state index in [0.29, 0.717) is 18.4 Å². The molecule has 0 amide bonds. The topological polar surface area (TPSA) is 46.2 Å². The molecule has 106 valence electrons. The Labute approximate surface area is 114 Å². The lowest BCUT2D eigenvalue weighted by Gasteiger charge is -2.21. The van der Waals surface area contributed by atoms with E-state index in [1.54, 1.807) is 13.1 Å². The third kappa shape index (κ3) is 3.54. The summed E-state index contributed by atoms with van der Waals surface area (Å²) in [5, 5.41) is 3.11. The summed E-state index contributed by atoms with van der Waals surface area (Å²) < 4.78 is 36.8. The van der Waals surface area contributed by atoms with Crippen LogP contribution in [-0.2, 0) is 9.84 Å². The summed E-state index contributed by atoms with van der Waals surface area (Å²) in [6, 6.07) is 4.92. The molecule has 2 atom stereocenters. The number of aryl methyl sites for hydroxylation is 1. The molecule has 2 unspecified atom stereocenters. The molecule has 1 aromatic rings. The van der Waals surface area contributed by atoms with E-state index in [0.717, 1.165) is 5.56 Å². The summed E-state index contributed by atoms with van der Waals surface area (Å²) in [4.78, 5) is 0. The van der Waals surface area contributed by atoms with Gasteiger partial charge in [-0.15, -0.1) is 0 Å². The van der Waals surface area contributed by atoms with Gasteiger partial charge in [0.15, 0.2) is 9.84 Å². The second-order valence-corrected chi connectivity index (χ2v) is 7.60. The third-order valence-electron chi connectivity index (χ3n) is 3.77. The zero-order chi connectivity index (χ0) is 14.0. The molecule has 0 spiro atoms. The molecule has 0 saturated carbocycles. The highest BCUT2D eigenvalue weighted by molar-refractivity contribution is 7.91. The second-order valence-electron chi connectivity index (χ2n) is 5.37. The van der Waals surface area contributed by atoms with Crippen LogP contribution in [0, 0.1) is 18.7 Å². The van der Waals surface area contributed by atoms with Crippen molar-refractivity contribution in [3.05, 3.63) is 35.1 Å². The molecule has 1 aromatic carbocycles. The van der Waals surface area contributed by atoms with Crippen molar-refractivity contribution >= 4 is 9.84 Å². The summed E-state index contributed by atoms with van der Waals surface area (Å²) in [6.45, 7) is 1.93. The van der Waals surface area contributed by atoms with Crippen LogP contribution in [0.25, 0.3) is 0 Å². The number of benzene rings is 1. The minimum Gasteiger partial charge on any atom is -0.313 e. The van der Waals surface area contributed by atoms with Crippen LogP contribution in [0.5, 0.6) is 0 Å². The fraction of sp³-hybridized carbons (Fsp3) is 0.571. The van der Waals surface area contributed by atoms with Crippen LogP contribution in [0.1, 0.15) is 30.0 Å². The molecule has 0 aliphatic carbocycles. The van der Waals surface area contributed by atoms with Crippen molar-refractivity contribution in [2.75, 3.05) is 18.6 Å². The molecule has 1 aliphatic rings. The van der Waals surface area contributed by atoms with Crippen molar-refractivity contribution in [2.24, 2.45) is 5.92 Å². The first-order valence-corrected chi connectivity index (χ1v) is 8.37. The summed E-state index contributed by atoms with van der Waals surface area (Å²) in [5.41, 5.74) is 1.64. The summed E-state index contributed by atoms with van der Waals surface area (Å²) in [7, 11) is -1.08. The van der Waals surface area contributed by atoms with E-state index in [-0.39, 0.29) is 29.3 Å². The van der Waals surface area contributed by atoms with Crippen molar-refractivity contribution < 1.29 is 12.8 Å². The van der Waals surface area contributed by atoms with Gasteiger partial charge in [0.1, 0.15) is 5.82 Å². The molecule has 19 heavy (non-hydrogen) atoms. The lowest BCUT2D eigenvalue weighted by atomic mass is 9.93. The second kappa shape index (κ2) is 5.59. The molecule has 1 aliphatic heterocycles. The number of halogens is 1. The first kappa shape index (κ1) is 14.5. The van der Waals surface area contributed by atoms with Gasteiger partial charge in [0.25, 0.3) is 0 Å². The van der Waals surface area contributed by atoms with Gasteiger partial charge in [-0.05, 0) is 38.8 Å². The Hall–Kier alpha value is -0.940. The largest absolute Gasteiger partial charge is 0.313 e. The number of hydrogen-bond acceptors (Lipinski definition) is 3. The Kier molecular flexibility index (Phi) is 4.26. The van der Waals surface area contributed by atoms with Crippen molar-refractivity contribution in [1.82, 2.24) is 5.32 Å². The van der Waals surface area contributed by atoms with E-state index < -0.39 is 9.84 Å². The van der Waals surface area contributed by atoms with E-state index in [9.17, 15) is 12.8 Å². The van der Waals surface area contributed by atoms with Gasteiger partial charge in [-0.25, -0.2) is 12.8 Å². The van der Waals surface area contributed by atoms with Gasteiger partial charge in [0, 0.05) is 11.6 Å². The maximum absolute atomic E-state index is 13.9. The standard InChI is InChI=1S/C14H20FNO2S/c1-10-3-4-13(15)12(7-10)14(16-2)8-11-5-6-19(17,18)9-11/h3-4,7,11,14,16H,5-6,8-9H2,1-2H3. The number of sulfone groups is 1. The molecule has 2 rings (SSSR count). The number of rotatable bonds is 4. The van der Waals surface area contributed by atoms with Crippen LogP contribution in [0.15, 0.2) is 18.2 Å². The SMILES string of the molecule is CNC(CC1CCS(=O)(=O)C1)c1cc(C)ccc1F. The van der Waals surface area contributed by atoms with E-state index >= 15 is 0 Å². The maximum Gasteiger partial charge on any atom is 0.150 e. The van der Waals surface area contributed by atoms with E-state index in [1.165, 1.54) is 6.07 Å². The van der Waals surface area contributed by atoms with Crippen LogP contribution < -0.4 is 5.32 Å². The highest BCUT2D eigenvalue weighted by Gasteiger charge is 2.30. The molecule has 3 nitrogen and oxygen atoms in total. The summed E-state index contributed by atoms with van der Waals surface area (Å²) in [5.74, 6) is 0.399. The third-order valence-corrected chi connectivity index (χ3v) is 5.61. The first-order valence-electron chi connectivity index (χ1n) is 6.55. The Bertz CT molecular complexity index is 557. The minimum absolute atomic E-state index is 0.127. The first-order chi connectivity index (χ1) is 8.91.